The Balaban J connectivity index is 3.13. The van der Waals surface area contributed by atoms with Crippen molar-refractivity contribution in [3.05, 3.63) is 77.4 Å². The van der Waals surface area contributed by atoms with Crippen LogP contribution in [0.5, 0.6) is 0 Å². The summed E-state index contributed by atoms with van der Waals surface area (Å²) in [7, 11) is 0. The lowest BCUT2D eigenvalue weighted by Crippen LogP contribution is -1.99. The summed E-state index contributed by atoms with van der Waals surface area (Å²) in [5.41, 5.74) is 2.94. The molecule has 0 heterocycles. The van der Waals surface area contributed by atoms with Gasteiger partial charge in [-0.25, -0.2) is 4.79 Å². The summed E-state index contributed by atoms with van der Waals surface area (Å²) in [4.78, 5) is 11.1. The van der Waals surface area contributed by atoms with Gasteiger partial charge in [-0.05, 0) is 25.0 Å². The van der Waals surface area contributed by atoms with Crippen molar-refractivity contribution >= 4 is 12.0 Å². The van der Waals surface area contributed by atoms with Crippen LogP contribution < -0.4 is 0 Å². The van der Waals surface area contributed by atoms with E-state index in [0.29, 0.717) is 11.1 Å². The Kier molecular flexibility index (Phi) is 5.55. The molecule has 0 bridgehead atoms. The molecule has 0 aliphatic carbocycles. The predicted octanol–water partition coefficient (Wildman–Crippen LogP) is 4.23. The fraction of sp³-hybridized carbons (Fsp3) is 0.118. The van der Waals surface area contributed by atoms with Crippen molar-refractivity contribution in [3.63, 3.8) is 0 Å². The van der Waals surface area contributed by atoms with Crippen LogP contribution in [0.25, 0.3) is 6.08 Å². The first-order valence-corrected chi connectivity index (χ1v) is 6.02. The lowest BCUT2D eigenvalue weighted by Gasteiger charge is -2.01. The first-order valence-electron chi connectivity index (χ1n) is 6.02. The molecule has 98 valence electrons. The van der Waals surface area contributed by atoms with Gasteiger partial charge in [-0.15, -0.1) is 0 Å². The fourth-order valence-corrected chi connectivity index (χ4v) is 1.46. The van der Waals surface area contributed by atoms with E-state index in [2.05, 4.69) is 6.58 Å². The Morgan fingerprint density at radius 2 is 1.84 bits per heavy atom. The number of carboxylic acids is 1. The fourth-order valence-electron chi connectivity index (χ4n) is 1.46. The normalized spacial score (nSPS) is 13.3. The number of allylic oxidation sites excluding steroid dienone is 5. The van der Waals surface area contributed by atoms with Crippen LogP contribution in [0, 0.1) is 0 Å². The van der Waals surface area contributed by atoms with Crippen LogP contribution in [0.15, 0.2) is 71.9 Å². The van der Waals surface area contributed by atoms with E-state index in [9.17, 15) is 4.79 Å². The van der Waals surface area contributed by atoms with E-state index in [1.165, 1.54) is 0 Å². The molecule has 0 unspecified atom stereocenters. The molecule has 0 radical (unpaired) electrons. The van der Waals surface area contributed by atoms with Gasteiger partial charge in [0.25, 0.3) is 0 Å². The van der Waals surface area contributed by atoms with Crippen molar-refractivity contribution in [2.45, 2.75) is 13.8 Å². The number of hydrogen-bond donors (Lipinski definition) is 1. The maximum Gasteiger partial charge on any atom is 0.331 e. The van der Waals surface area contributed by atoms with Gasteiger partial charge in [0.2, 0.25) is 0 Å². The molecule has 0 spiro atoms. The van der Waals surface area contributed by atoms with Gasteiger partial charge in [0.05, 0.1) is 0 Å². The minimum absolute atomic E-state index is 0.313. The molecular formula is C17H18O2. The number of aliphatic carboxylic acids is 1. The molecule has 2 nitrogen and oxygen atoms in total. The van der Waals surface area contributed by atoms with E-state index in [1.54, 1.807) is 13.0 Å². The monoisotopic (exact) mass is 254 g/mol. The van der Waals surface area contributed by atoms with Gasteiger partial charge in [0.1, 0.15) is 0 Å². The summed E-state index contributed by atoms with van der Waals surface area (Å²) in [5.74, 6) is -0.916. The second-order valence-electron chi connectivity index (χ2n) is 4.22. The lowest BCUT2D eigenvalue weighted by molar-refractivity contribution is -0.132. The Morgan fingerprint density at radius 3 is 2.37 bits per heavy atom. The largest absolute Gasteiger partial charge is 0.478 e. The molecule has 1 aromatic rings. The van der Waals surface area contributed by atoms with E-state index < -0.39 is 5.97 Å². The minimum atomic E-state index is -0.916. The average molecular weight is 254 g/mol. The maximum atomic E-state index is 11.1. The zero-order valence-electron chi connectivity index (χ0n) is 11.3. The second kappa shape index (κ2) is 7.17. The van der Waals surface area contributed by atoms with Crippen LogP contribution >= 0.6 is 0 Å². The summed E-state index contributed by atoms with van der Waals surface area (Å²) in [6, 6.07) is 9.76. The topological polar surface area (TPSA) is 37.3 Å². The Hall–Kier alpha value is -2.35. The van der Waals surface area contributed by atoms with Crippen molar-refractivity contribution < 1.29 is 9.90 Å². The SMILES string of the molecule is C=CC(C)=CC(C=Cc1ccccc1)=C(C)C(=O)O. The van der Waals surface area contributed by atoms with Crippen LogP contribution in [-0.4, -0.2) is 11.1 Å². The second-order valence-corrected chi connectivity index (χ2v) is 4.22. The van der Waals surface area contributed by atoms with Gasteiger partial charge >= 0.3 is 5.97 Å². The Labute approximate surface area is 114 Å². The number of carboxylic acid groups (broad SMARTS) is 1. The van der Waals surface area contributed by atoms with Gasteiger partial charge in [-0.1, -0.05) is 66.8 Å². The highest BCUT2D eigenvalue weighted by Gasteiger charge is 2.04. The molecule has 0 aliphatic rings. The van der Waals surface area contributed by atoms with Crippen LogP contribution in [0.2, 0.25) is 0 Å². The molecule has 0 amide bonds. The molecule has 2 heteroatoms. The van der Waals surface area contributed by atoms with Crippen molar-refractivity contribution in [2.24, 2.45) is 0 Å². The molecule has 1 rings (SSSR count). The first kappa shape index (κ1) is 14.7. The first-order chi connectivity index (χ1) is 9.04. The summed E-state index contributed by atoms with van der Waals surface area (Å²) in [6.07, 6.45) is 7.22. The molecule has 1 N–H and O–H groups in total. The van der Waals surface area contributed by atoms with Crippen LogP contribution in [0.4, 0.5) is 0 Å². The predicted molar refractivity (Wildman–Crippen MR) is 79.8 cm³/mol. The molecule has 0 aromatic heterocycles. The summed E-state index contributed by atoms with van der Waals surface area (Å²) in [6.45, 7) is 7.16. The quantitative estimate of drug-likeness (QED) is 0.630. The Morgan fingerprint density at radius 1 is 1.21 bits per heavy atom. The van der Waals surface area contributed by atoms with Gasteiger partial charge in [0, 0.05) is 5.57 Å². The van der Waals surface area contributed by atoms with Crippen molar-refractivity contribution in [2.75, 3.05) is 0 Å². The van der Waals surface area contributed by atoms with Crippen LogP contribution in [0.1, 0.15) is 19.4 Å². The van der Waals surface area contributed by atoms with Crippen molar-refractivity contribution in [1.29, 1.82) is 0 Å². The number of hydrogen-bond acceptors (Lipinski definition) is 1. The van der Waals surface area contributed by atoms with Gasteiger partial charge in [0.15, 0.2) is 0 Å². The summed E-state index contributed by atoms with van der Waals surface area (Å²) >= 11 is 0. The molecule has 0 saturated heterocycles. The number of carbonyl (C=O) groups is 1. The van der Waals surface area contributed by atoms with E-state index >= 15 is 0 Å². The van der Waals surface area contributed by atoms with Crippen LogP contribution in [-0.2, 0) is 4.79 Å². The average Bonchev–Trinajstić information content (AvgIpc) is 2.43. The Bertz CT molecular complexity index is 546. The maximum absolute atomic E-state index is 11.1. The highest BCUT2D eigenvalue weighted by Crippen LogP contribution is 2.14. The van der Waals surface area contributed by atoms with Gasteiger partial charge in [-0.3, -0.25) is 0 Å². The van der Waals surface area contributed by atoms with Crippen LogP contribution in [0.3, 0.4) is 0 Å². The zero-order chi connectivity index (χ0) is 14.3. The smallest absolute Gasteiger partial charge is 0.331 e. The molecule has 1 aromatic carbocycles. The highest BCUT2D eigenvalue weighted by atomic mass is 16.4. The standard InChI is InChI=1S/C17H18O2/c1-4-13(2)12-16(14(3)17(18)19)11-10-15-8-6-5-7-9-15/h4-12H,1H2,2-3H3,(H,18,19). The third-order valence-electron chi connectivity index (χ3n) is 2.71. The lowest BCUT2D eigenvalue weighted by atomic mass is 10.0. The van der Waals surface area contributed by atoms with E-state index in [-0.39, 0.29) is 0 Å². The molecule has 0 saturated carbocycles. The van der Waals surface area contributed by atoms with Crippen molar-refractivity contribution in [1.82, 2.24) is 0 Å². The molecule has 0 fully saturated rings. The number of rotatable bonds is 5. The summed E-state index contributed by atoms with van der Waals surface area (Å²) in [5, 5.41) is 9.09. The zero-order valence-corrected chi connectivity index (χ0v) is 11.3. The molecule has 0 aliphatic heterocycles. The molecule has 19 heavy (non-hydrogen) atoms. The highest BCUT2D eigenvalue weighted by molar-refractivity contribution is 5.88. The summed E-state index contributed by atoms with van der Waals surface area (Å²) < 4.78 is 0. The third kappa shape index (κ3) is 4.80. The molecule has 0 atom stereocenters. The van der Waals surface area contributed by atoms with E-state index in [4.69, 9.17) is 5.11 Å². The van der Waals surface area contributed by atoms with E-state index in [1.807, 2.05) is 55.5 Å². The van der Waals surface area contributed by atoms with Crippen molar-refractivity contribution in [3.8, 4) is 0 Å². The third-order valence-corrected chi connectivity index (χ3v) is 2.71. The van der Waals surface area contributed by atoms with Gasteiger partial charge < -0.3 is 5.11 Å². The van der Waals surface area contributed by atoms with E-state index in [0.717, 1.165) is 11.1 Å². The van der Waals surface area contributed by atoms with Gasteiger partial charge in [-0.2, -0.15) is 0 Å². The minimum Gasteiger partial charge on any atom is -0.478 e. The number of benzene rings is 1. The molecular weight excluding hydrogens is 236 g/mol.